The highest BCUT2D eigenvalue weighted by Gasteiger charge is 2.35. The van der Waals surface area contributed by atoms with E-state index in [-0.39, 0.29) is 17.3 Å². The molecule has 0 spiro atoms. The zero-order valence-corrected chi connectivity index (χ0v) is 20.7. The van der Waals surface area contributed by atoms with Crippen molar-refractivity contribution >= 4 is 44.6 Å². The summed E-state index contributed by atoms with van der Waals surface area (Å²) < 4.78 is 38.5. The zero-order valence-electron chi connectivity index (χ0n) is 18.3. The maximum Gasteiger partial charge on any atom is 0.244 e. The molecule has 0 bridgehead atoms. The number of thiophene rings is 1. The molecule has 1 amide bonds. The van der Waals surface area contributed by atoms with Gasteiger partial charge >= 0.3 is 0 Å². The smallest absolute Gasteiger partial charge is 0.244 e. The number of benzene rings is 1. The molecule has 1 fully saturated rings. The van der Waals surface area contributed by atoms with Gasteiger partial charge in [-0.15, -0.1) is 11.3 Å². The van der Waals surface area contributed by atoms with Crippen molar-refractivity contribution in [2.45, 2.75) is 31.6 Å². The number of hydrogen-bond donors (Lipinski definition) is 1. The minimum Gasteiger partial charge on any atom is -0.495 e. The number of carbonyl (C=O) groups is 1. The van der Waals surface area contributed by atoms with Crippen molar-refractivity contribution in [1.29, 1.82) is 0 Å². The number of piperidine rings is 1. The van der Waals surface area contributed by atoms with Crippen molar-refractivity contribution in [3.8, 4) is 16.5 Å². The minimum absolute atomic E-state index is 0.0863. The van der Waals surface area contributed by atoms with E-state index in [1.807, 2.05) is 0 Å². The average Bonchev–Trinajstić information content (AvgIpc) is 3.40. The molecular formula is C21H23ClN4O5S2. The van der Waals surface area contributed by atoms with Crippen molar-refractivity contribution < 1.29 is 22.5 Å². The van der Waals surface area contributed by atoms with Gasteiger partial charge in [0.1, 0.15) is 5.75 Å². The number of rotatable bonds is 6. The first-order valence-corrected chi connectivity index (χ1v) is 12.9. The molecule has 2 aromatic heterocycles. The lowest BCUT2D eigenvalue weighted by molar-refractivity contribution is -0.120. The van der Waals surface area contributed by atoms with Crippen molar-refractivity contribution in [2.24, 2.45) is 5.92 Å². The van der Waals surface area contributed by atoms with Crippen LogP contribution in [-0.4, -0.2) is 49.0 Å². The van der Waals surface area contributed by atoms with Gasteiger partial charge < -0.3 is 14.6 Å². The number of ether oxygens (including phenoxy) is 1. The van der Waals surface area contributed by atoms with Gasteiger partial charge in [0.05, 0.1) is 28.5 Å². The lowest BCUT2D eigenvalue weighted by atomic mass is 9.98. The third kappa shape index (κ3) is 4.91. The summed E-state index contributed by atoms with van der Waals surface area (Å²) in [6, 6.07) is 6.50. The fourth-order valence-corrected chi connectivity index (χ4v) is 6.94. The standard InChI is InChI=1S/C21H23ClN4O5S2/c1-12-19(10-18(32-12)20-23-13(2)31-25-20)33(28,29)26-8-4-5-14(11-26)21(27)24-16-9-15(22)6-7-17(16)30-3/h6-7,9-10,14H,4-5,8,11H2,1-3H3,(H,24,27)/t14-/m0/s1. The van der Waals surface area contributed by atoms with Gasteiger partial charge in [-0.1, -0.05) is 16.8 Å². The summed E-state index contributed by atoms with van der Waals surface area (Å²) in [5, 5.41) is 7.16. The topological polar surface area (TPSA) is 115 Å². The van der Waals surface area contributed by atoms with Crippen molar-refractivity contribution in [2.75, 3.05) is 25.5 Å². The Morgan fingerprint density at radius 2 is 2.12 bits per heavy atom. The second kappa shape index (κ2) is 9.41. The first kappa shape index (κ1) is 23.7. The number of halogens is 1. The number of amides is 1. The maximum atomic E-state index is 13.4. The highest BCUT2D eigenvalue weighted by Crippen LogP contribution is 2.35. The molecule has 1 aromatic carbocycles. The number of nitrogens with one attached hydrogen (secondary N) is 1. The molecule has 0 saturated carbocycles. The lowest BCUT2D eigenvalue weighted by Gasteiger charge is -2.31. The van der Waals surface area contributed by atoms with Gasteiger partial charge in [-0.2, -0.15) is 9.29 Å². The Labute approximate surface area is 200 Å². The van der Waals surface area contributed by atoms with Crippen LogP contribution in [0.25, 0.3) is 10.7 Å². The highest BCUT2D eigenvalue weighted by molar-refractivity contribution is 7.89. The third-order valence-corrected chi connectivity index (χ3v) is 8.81. The molecule has 33 heavy (non-hydrogen) atoms. The van der Waals surface area contributed by atoms with Crippen molar-refractivity contribution in [3.63, 3.8) is 0 Å². The van der Waals surface area contributed by atoms with E-state index in [0.717, 1.165) is 0 Å². The predicted molar refractivity (Wildman–Crippen MR) is 125 cm³/mol. The summed E-state index contributed by atoms with van der Waals surface area (Å²) in [4.78, 5) is 18.6. The number of aromatic nitrogens is 2. The van der Waals surface area contributed by atoms with Crippen LogP contribution in [0.15, 0.2) is 33.7 Å². The monoisotopic (exact) mass is 510 g/mol. The van der Waals surface area contributed by atoms with E-state index in [1.54, 1.807) is 38.1 Å². The van der Waals surface area contributed by atoms with E-state index in [9.17, 15) is 13.2 Å². The molecule has 3 aromatic rings. The summed E-state index contributed by atoms with van der Waals surface area (Å²) in [6.07, 6.45) is 1.15. The van der Waals surface area contributed by atoms with Gasteiger partial charge in [0.25, 0.3) is 0 Å². The quantitative estimate of drug-likeness (QED) is 0.530. The maximum absolute atomic E-state index is 13.4. The summed E-state index contributed by atoms with van der Waals surface area (Å²) >= 11 is 7.34. The Bertz CT molecular complexity index is 1290. The first-order valence-electron chi connectivity index (χ1n) is 10.2. The Kier molecular flexibility index (Phi) is 6.76. The second-order valence-corrected chi connectivity index (χ2v) is 11.3. The Balaban J connectivity index is 1.53. The molecule has 176 valence electrons. The van der Waals surface area contributed by atoms with Gasteiger partial charge in [-0.05, 0) is 44.0 Å². The fourth-order valence-electron chi connectivity index (χ4n) is 3.76. The van der Waals surface area contributed by atoms with Gasteiger partial charge in [-0.3, -0.25) is 4.79 Å². The molecule has 1 atom stereocenters. The second-order valence-electron chi connectivity index (χ2n) is 7.70. The van der Waals surface area contributed by atoms with Gasteiger partial charge in [-0.25, -0.2) is 8.42 Å². The van der Waals surface area contributed by atoms with E-state index < -0.39 is 15.9 Å². The summed E-state index contributed by atoms with van der Waals surface area (Å²) in [6.45, 7) is 3.85. The molecule has 12 heteroatoms. The van der Waals surface area contributed by atoms with Crippen LogP contribution < -0.4 is 10.1 Å². The van der Waals surface area contributed by atoms with Crippen LogP contribution in [0.5, 0.6) is 5.75 Å². The summed E-state index contributed by atoms with van der Waals surface area (Å²) in [5.74, 6) is 0.456. The number of carbonyl (C=O) groups excluding carboxylic acids is 1. The summed E-state index contributed by atoms with van der Waals surface area (Å²) in [7, 11) is -2.30. The van der Waals surface area contributed by atoms with Crippen LogP contribution in [0.3, 0.4) is 0 Å². The molecular weight excluding hydrogens is 488 g/mol. The molecule has 1 saturated heterocycles. The summed E-state index contributed by atoms with van der Waals surface area (Å²) in [5.41, 5.74) is 0.448. The van der Waals surface area contributed by atoms with Crippen LogP contribution in [0.4, 0.5) is 5.69 Å². The fraction of sp³-hybridized carbons (Fsp3) is 0.381. The Morgan fingerprint density at radius 1 is 1.33 bits per heavy atom. The Hall–Kier alpha value is -2.47. The normalized spacial score (nSPS) is 17.2. The molecule has 1 aliphatic rings. The largest absolute Gasteiger partial charge is 0.495 e. The number of anilines is 1. The molecule has 9 nitrogen and oxygen atoms in total. The van der Waals surface area contributed by atoms with E-state index in [2.05, 4.69) is 15.5 Å². The molecule has 1 N–H and O–H groups in total. The van der Waals surface area contributed by atoms with Crippen LogP contribution in [0.1, 0.15) is 23.6 Å². The minimum atomic E-state index is -3.80. The van der Waals surface area contributed by atoms with E-state index in [4.69, 9.17) is 20.9 Å². The zero-order chi connectivity index (χ0) is 23.8. The Morgan fingerprint density at radius 3 is 2.82 bits per heavy atom. The van der Waals surface area contributed by atoms with E-state index >= 15 is 0 Å². The molecule has 1 aliphatic heterocycles. The molecule has 3 heterocycles. The predicted octanol–water partition coefficient (Wildman–Crippen LogP) is 4.12. The van der Waals surface area contributed by atoms with Crippen LogP contribution in [0.2, 0.25) is 5.02 Å². The van der Waals surface area contributed by atoms with Gasteiger partial charge in [0.2, 0.25) is 27.6 Å². The molecule has 0 aliphatic carbocycles. The first-order chi connectivity index (χ1) is 15.7. The number of nitrogens with zero attached hydrogens (tertiary/aromatic N) is 3. The molecule has 0 radical (unpaired) electrons. The third-order valence-electron chi connectivity index (χ3n) is 5.41. The van der Waals surface area contributed by atoms with Crippen molar-refractivity contribution in [1.82, 2.24) is 14.4 Å². The van der Waals surface area contributed by atoms with Crippen LogP contribution >= 0.6 is 22.9 Å². The number of sulfonamides is 1. The van der Waals surface area contributed by atoms with Gasteiger partial charge in [0.15, 0.2) is 0 Å². The van der Waals surface area contributed by atoms with E-state index in [1.165, 1.54) is 22.8 Å². The number of hydrogen-bond acceptors (Lipinski definition) is 8. The number of aryl methyl sites for hydroxylation is 2. The SMILES string of the molecule is COc1ccc(Cl)cc1NC(=O)[C@H]1CCCN(S(=O)(=O)c2cc(-c3noc(C)n3)sc2C)C1. The highest BCUT2D eigenvalue weighted by atomic mass is 35.5. The van der Waals surface area contributed by atoms with Crippen LogP contribution in [0, 0.1) is 19.8 Å². The van der Waals surface area contributed by atoms with Gasteiger partial charge in [0, 0.05) is 29.9 Å². The molecule has 4 rings (SSSR count). The van der Waals surface area contributed by atoms with E-state index in [0.29, 0.717) is 57.3 Å². The molecule has 0 unspecified atom stereocenters. The van der Waals surface area contributed by atoms with Crippen LogP contribution in [-0.2, 0) is 14.8 Å². The number of methoxy groups -OCH3 is 1. The average molecular weight is 511 g/mol. The van der Waals surface area contributed by atoms with Crippen molar-refractivity contribution in [3.05, 3.63) is 40.1 Å². The lowest BCUT2D eigenvalue weighted by Crippen LogP contribution is -2.43.